The van der Waals surface area contributed by atoms with Crippen LogP contribution in [0.3, 0.4) is 0 Å². The van der Waals surface area contributed by atoms with Crippen LogP contribution in [0, 0.1) is 0 Å². The van der Waals surface area contributed by atoms with Crippen molar-refractivity contribution in [3.63, 3.8) is 0 Å². The fourth-order valence-corrected chi connectivity index (χ4v) is 1.47. The van der Waals surface area contributed by atoms with Crippen LogP contribution in [-0.2, 0) is 11.3 Å². The highest BCUT2D eigenvalue weighted by Crippen LogP contribution is 2.00. The average Bonchev–Trinajstić information content (AvgIpc) is 2.37. The number of ether oxygens (including phenoxy) is 1. The summed E-state index contributed by atoms with van der Waals surface area (Å²) in [6, 6.07) is 11.1. The summed E-state index contributed by atoms with van der Waals surface area (Å²) in [6.07, 6.45) is 0. The highest BCUT2D eigenvalue weighted by molar-refractivity contribution is 5.13. The Bertz CT molecular complexity index is 290. The van der Waals surface area contributed by atoms with Crippen molar-refractivity contribution in [1.82, 2.24) is 10.6 Å². The first-order valence-corrected chi connectivity index (χ1v) is 6.24. The van der Waals surface area contributed by atoms with Gasteiger partial charge < -0.3 is 15.4 Å². The molecule has 2 atom stereocenters. The van der Waals surface area contributed by atoms with E-state index in [1.165, 1.54) is 5.56 Å². The fourth-order valence-electron chi connectivity index (χ4n) is 1.47. The lowest BCUT2D eigenvalue weighted by Gasteiger charge is -2.17. The molecular weight excluding hydrogens is 212 g/mol. The molecule has 0 saturated carbocycles. The van der Waals surface area contributed by atoms with Crippen LogP contribution in [0.4, 0.5) is 0 Å². The maximum absolute atomic E-state index is 5.66. The van der Waals surface area contributed by atoms with Gasteiger partial charge in [0.15, 0.2) is 0 Å². The summed E-state index contributed by atoms with van der Waals surface area (Å²) >= 11 is 0. The van der Waals surface area contributed by atoms with Crippen LogP contribution >= 0.6 is 0 Å². The molecule has 1 rings (SSSR count). The van der Waals surface area contributed by atoms with E-state index >= 15 is 0 Å². The van der Waals surface area contributed by atoms with Gasteiger partial charge in [-0.25, -0.2) is 0 Å². The van der Waals surface area contributed by atoms with Gasteiger partial charge in [0, 0.05) is 18.6 Å². The molecular formula is C14H24N2O. The molecule has 0 radical (unpaired) electrons. The minimum Gasteiger partial charge on any atom is -0.375 e. The molecule has 3 heteroatoms. The highest BCUT2D eigenvalue weighted by atomic mass is 16.5. The van der Waals surface area contributed by atoms with Crippen molar-refractivity contribution in [1.29, 1.82) is 0 Å². The second kappa shape index (κ2) is 8.23. The predicted molar refractivity (Wildman–Crippen MR) is 72.1 cm³/mol. The van der Waals surface area contributed by atoms with Crippen molar-refractivity contribution in [2.75, 3.05) is 20.2 Å². The molecule has 1 aromatic rings. The molecule has 0 aliphatic heterocycles. The maximum atomic E-state index is 5.66. The predicted octanol–water partition coefficient (Wildman–Crippen LogP) is 1.79. The lowest BCUT2D eigenvalue weighted by molar-refractivity contribution is 0.102. The molecule has 0 saturated heterocycles. The van der Waals surface area contributed by atoms with Gasteiger partial charge >= 0.3 is 0 Å². The molecule has 0 aromatic heterocycles. The molecule has 0 spiro atoms. The van der Waals surface area contributed by atoms with Gasteiger partial charge in [0.05, 0.1) is 13.2 Å². The number of benzene rings is 1. The smallest absolute Gasteiger partial charge is 0.0717 e. The van der Waals surface area contributed by atoms with Crippen LogP contribution in [0.1, 0.15) is 19.4 Å². The molecule has 0 bridgehead atoms. The first-order valence-electron chi connectivity index (χ1n) is 6.24. The van der Waals surface area contributed by atoms with Crippen LogP contribution in [0.5, 0.6) is 0 Å². The SMILES string of the molecule is CNC(C)CNC(C)COCc1ccccc1. The molecule has 2 unspecified atom stereocenters. The second-order valence-corrected chi connectivity index (χ2v) is 4.50. The van der Waals surface area contributed by atoms with Crippen molar-refractivity contribution in [3.05, 3.63) is 35.9 Å². The molecule has 0 fully saturated rings. The minimum absolute atomic E-state index is 0.384. The lowest BCUT2D eigenvalue weighted by atomic mass is 10.2. The van der Waals surface area contributed by atoms with Crippen molar-refractivity contribution in [3.8, 4) is 0 Å². The summed E-state index contributed by atoms with van der Waals surface area (Å²) in [5.74, 6) is 0. The Balaban J connectivity index is 2.10. The number of likely N-dealkylation sites (N-methyl/N-ethyl adjacent to an activating group) is 1. The highest BCUT2D eigenvalue weighted by Gasteiger charge is 2.03. The van der Waals surface area contributed by atoms with Crippen molar-refractivity contribution < 1.29 is 4.74 Å². The Morgan fingerprint density at radius 3 is 2.47 bits per heavy atom. The van der Waals surface area contributed by atoms with E-state index in [-0.39, 0.29) is 0 Å². The van der Waals surface area contributed by atoms with Gasteiger partial charge in [-0.15, -0.1) is 0 Å². The van der Waals surface area contributed by atoms with Crippen LogP contribution in [0.2, 0.25) is 0 Å². The van der Waals surface area contributed by atoms with Gasteiger partial charge in [0.25, 0.3) is 0 Å². The standard InChI is InChI=1S/C14H24N2O/c1-12(15-3)9-16-13(2)10-17-11-14-7-5-4-6-8-14/h4-8,12-13,15-16H,9-11H2,1-3H3. The van der Waals surface area contributed by atoms with Gasteiger partial charge in [-0.2, -0.15) is 0 Å². The maximum Gasteiger partial charge on any atom is 0.0717 e. The third-order valence-corrected chi connectivity index (χ3v) is 2.74. The summed E-state index contributed by atoms with van der Waals surface area (Å²) in [5.41, 5.74) is 1.23. The Kier molecular flexibility index (Phi) is 6.86. The summed E-state index contributed by atoms with van der Waals surface area (Å²) in [5, 5.41) is 6.63. The molecule has 0 amide bonds. The van der Waals surface area contributed by atoms with Crippen molar-refractivity contribution in [2.24, 2.45) is 0 Å². The molecule has 17 heavy (non-hydrogen) atoms. The van der Waals surface area contributed by atoms with E-state index in [2.05, 4.69) is 36.6 Å². The molecule has 0 heterocycles. The van der Waals surface area contributed by atoms with E-state index in [9.17, 15) is 0 Å². The van der Waals surface area contributed by atoms with E-state index in [4.69, 9.17) is 4.74 Å². The largest absolute Gasteiger partial charge is 0.375 e. The van der Waals surface area contributed by atoms with Gasteiger partial charge in [0.2, 0.25) is 0 Å². The quantitative estimate of drug-likeness (QED) is 0.722. The van der Waals surface area contributed by atoms with Crippen molar-refractivity contribution >= 4 is 0 Å². The molecule has 0 aliphatic rings. The number of hydrogen-bond acceptors (Lipinski definition) is 3. The van der Waals surface area contributed by atoms with Crippen molar-refractivity contribution in [2.45, 2.75) is 32.5 Å². The first kappa shape index (κ1) is 14.2. The van der Waals surface area contributed by atoms with Crippen LogP contribution in [0.25, 0.3) is 0 Å². The lowest BCUT2D eigenvalue weighted by Crippen LogP contribution is -2.40. The summed E-state index contributed by atoms with van der Waals surface area (Å²) < 4.78 is 5.66. The van der Waals surface area contributed by atoms with E-state index in [0.29, 0.717) is 18.7 Å². The van der Waals surface area contributed by atoms with Gasteiger partial charge in [0.1, 0.15) is 0 Å². The Morgan fingerprint density at radius 1 is 1.12 bits per heavy atom. The first-order chi connectivity index (χ1) is 8.22. The summed E-state index contributed by atoms with van der Waals surface area (Å²) in [4.78, 5) is 0. The third-order valence-electron chi connectivity index (χ3n) is 2.74. The van der Waals surface area contributed by atoms with E-state index < -0.39 is 0 Å². The van der Waals surface area contributed by atoms with E-state index in [1.807, 2.05) is 25.2 Å². The van der Waals surface area contributed by atoms with E-state index in [1.54, 1.807) is 0 Å². The molecule has 1 aromatic carbocycles. The average molecular weight is 236 g/mol. The monoisotopic (exact) mass is 236 g/mol. The van der Waals surface area contributed by atoms with E-state index in [0.717, 1.165) is 13.2 Å². The van der Waals surface area contributed by atoms with Gasteiger partial charge in [-0.05, 0) is 26.5 Å². The fraction of sp³-hybridized carbons (Fsp3) is 0.571. The zero-order valence-corrected chi connectivity index (χ0v) is 11.1. The number of hydrogen-bond donors (Lipinski definition) is 2. The zero-order chi connectivity index (χ0) is 12.5. The second-order valence-electron chi connectivity index (χ2n) is 4.50. The number of nitrogens with one attached hydrogen (secondary N) is 2. The van der Waals surface area contributed by atoms with Crippen LogP contribution in [-0.4, -0.2) is 32.3 Å². The topological polar surface area (TPSA) is 33.3 Å². The number of rotatable bonds is 8. The Hall–Kier alpha value is -0.900. The summed E-state index contributed by atoms with van der Waals surface area (Å²) in [6.45, 7) is 6.70. The molecule has 96 valence electrons. The Labute approximate surface area is 105 Å². The zero-order valence-electron chi connectivity index (χ0n) is 11.1. The van der Waals surface area contributed by atoms with Gasteiger partial charge in [-0.3, -0.25) is 0 Å². The third kappa shape index (κ3) is 6.41. The van der Waals surface area contributed by atoms with Crippen LogP contribution in [0.15, 0.2) is 30.3 Å². The molecule has 0 aliphatic carbocycles. The molecule has 3 nitrogen and oxygen atoms in total. The minimum atomic E-state index is 0.384. The molecule has 2 N–H and O–H groups in total. The van der Waals surface area contributed by atoms with Crippen LogP contribution < -0.4 is 10.6 Å². The van der Waals surface area contributed by atoms with Gasteiger partial charge in [-0.1, -0.05) is 30.3 Å². The normalized spacial score (nSPS) is 14.5. The summed E-state index contributed by atoms with van der Waals surface area (Å²) in [7, 11) is 1.98. The Morgan fingerprint density at radius 2 is 1.82 bits per heavy atom.